The van der Waals surface area contributed by atoms with E-state index in [-0.39, 0.29) is 17.6 Å². The lowest BCUT2D eigenvalue weighted by Gasteiger charge is -2.23. The number of thiazole rings is 1. The van der Waals surface area contributed by atoms with Crippen molar-refractivity contribution in [2.45, 2.75) is 26.8 Å². The number of aromatic nitrogens is 1. The molecule has 1 aromatic heterocycles. The van der Waals surface area contributed by atoms with Crippen molar-refractivity contribution >= 4 is 27.5 Å². The highest BCUT2D eigenvalue weighted by Crippen LogP contribution is 2.39. The predicted octanol–water partition coefficient (Wildman–Crippen LogP) is 4.44. The molecule has 3 aromatic rings. The van der Waals surface area contributed by atoms with E-state index in [0.29, 0.717) is 25.4 Å². The molecule has 0 bridgehead atoms. The van der Waals surface area contributed by atoms with E-state index in [9.17, 15) is 9.90 Å². The Morgan fingerprint density at radius 3 is 2.96 bits per heavy atom. The molecule has 0 saturated heterocycles. The molecule has 1 atom stereocenters. The quantitative estimate of drug-likeness (QED) is 0.728. The zero-order chi connectivity index (χ0) is 19.0. The summed E-state index contributed by atoms with van der Waals surface area (Å²) in [5.41, 5.74) is 2.60. The van der Waals surface area contributed by atoms with E-state index in [1.807, 2.05) is 49.1 Å². The maximum atomic E-state index is 12.6. The van der Waals surface area contributed by atoms with Crippen LogP contribution in [0.3, 0.4) is 0 Å². The van der Waals surface area contributed by atoms with E-state index >= 15 is 0 Å². The summed E-state index contributed by atoms with van der Waals surface area (Å²) in [6.45, 7) is 5.30. The van der Waals surface area contributed by atoms with Gasteiger partial charge < -0.3 is 14.7 Å². The lowest BCUT2D eigenvalue weighted by Crippen LogP contribution is -2.36. The third kappa shape index (κ3) is 3.37. The van der Waals surface area contributed by atoms with E-state index in [0.717, 1.165) is 32.8 Å². The van der Waals surface area contributed by atoms with Crippen LogP contribution in [0.4, 0.5) is 0 Å². The van der Waals surface area contributed by atoms with Crippen molar-refractivity contribution in [3.8, 4) is 22.1 Å². The minimum atomic E-state index is -0.0207. The molecule has 0 spiro atoms. The predicted molar refractivity (Wildman–Crippen MR) is 107 cm³/mol. The number of phenolic OH excluding ortho intramolecular Hbond substituents is 1. The number of para-hydroxylation sites is 1. The third-order valence-electron chi connectivity index (χ3n) is 5.00. The lowest BCUT2D eigenvalue weighted by atomic mass is 10.1. The standard InChI is InChI=1S/C21H22N2O3S/c1-3-13(2)21(25)23-8-9-26-19-15(12-23)10-14(11-17(19)24)20-22-16-6-4-5-7-18(16)27-20/h4-7,10-11,13,24H,3,8-9,12H2,1-2H3/t13-/m0/s1. The highest BCUT2D eigenvalue weighted by molar-refractivity contribution is 7.21. The fraction of sp³-hybridized carbons (Fsp3) is 0.333. The van der Waals surface area contributed by atoms with Crippen LogP contribution in [0.5, 0.6) is 11.5 Å². The number of rotatable bonds is 3. The van der Waals surface area contributed by atoms with Gasteiger partial charge in [0, 0.05) is 23.6 Å². The molecule has 27 heavy (non-hydrogen) atoms. The molecule has 1 N–H and O–H groups in total. The van der Waals surface area contributed by atoms with Crippen molar-refractivity contribution in [3.63, 3.8) is 0 Å². The second-order valence-corrected chi connectivity index (χ2v) is 7.92. The van der Waals surface area contributed by atoms with Gasteiger partial charge in [-0.25, -0.2) is 4.98 Å². The number of phenols is 1. The average Bonchev–Trinajstić information content (AvgIpc) is 2.99. The van der Waals surface area contributed by atoms with Crippen LogP contribution in [0.1, 0.15) is 25.8 Å². The van der Waals surface area contributed by atoms with Gasteiger partial charge in [0.2, 0.25) is 5.91 Å². The SMILES string of the molecule is CC[C@H](C)C(=O)N1CCOc2c(O)cc(-c3nc4ccccc4s3)cc2C1. The van der Waals surface area contributed by atoms with Crippen LogP contribution in [0, 0.1) is 5.92 Å². The van der Waals surface area contributed by atoms with Gasteiger partial charge in [0.1, 0.15) is 11.6 Å². The number of carbonyl (C=O) groups is 1. The smallest absolute Gasteiger partial charge is 0.225 e. The molecule has 2 heterocycles. The molecule has 2 aromatic carbocycles. The Labute approximate surface area is 162 Å². The number of hydrogen-bond donors (Lipinski definition) is 1. The summed E-state index contributed by atoms with van der Waals surface area (Å²) in [6.07, 6.45) is 0.806. The van der Waals surface area contributed by atoms with Crippen LogP contribution in [0.15, 0.2) is 36.4 Å². The minimum absolute atomic E-state index is 0.0207. The van der Waals surface area contributed by atoms with Gasteiger partial charge in [0.05, 0.1) is 16.8 Å². The van der Waals surface area contributed by atoms with Crippen LogP contribution in [0.2, 0.25) is 0 Å². The molecular weight excluding hydrogens is 360 g/mol. The third-order valence-corrected chi connectivity index (χ3v) is 6.09. The Bertz CT molecular complexity index is 965. The van der Waals surface area contributed by atoms with Crippen molar-refractivity contribution in [1.29, 1.82) is 0 Å². The number of ether oxygens (including phenoxy) is 1. The minimum Gasteiger partial charge on any atom is -0.504 e. The Balaban J connectivity index is 1.72. The fourth-order valence-corrected chi connectivity index (χ4v) is 4.25. The van der Waals surface area contributed by atoms with E-state index in [2.05, 4.69) is 4.98 Å². The van der Waals surface area contributed by atoms with Crippen molar-refractivity contribution in [1.82, 2.24) is 9.88 Å². The van der Waals surface area contributed by atoms with E-state index in [1.165, 1.54) is 0 Å². The zero-order valence-electron chi connectivity index (χ0n) is 15.4. The maximum Gasteiger partial charge on any atom is 0.225 e. The van der Waals surface area contributed by atoms with Gasteiger partial charge in [0.15, 0.2) is 11.5 Å². The van der Waals surface area contributed by atoms with Gasteiger partial charge in [-0.3, -0.25) is 4.79 Å². The first-order chi connectivity index (χ1) is 13.1. The molecule has 1 aliphatic rings. The van der Waals surface area contributed by atoms with E-state index < -0.39 is 0 Å². The van der Waals surface area contributed by atoms with Crippen LogP contribution in [0.25, 0.3) is 20.8 Å². The van der Waals surface area contributed by atoms with Gasteiger partial charge in [-0.1, -0.05) is 26.0 Å². The number of nitrogens with zero attached hydrogens (tertiary/aromatic N) is 2. The van der Waals surface area contributed by atoms with Crippen molar-refractivity contribution < 1.29 is 14.6 Å². The molecular formula is C21H22N2O3S. The number of benzene rings is 2. The summed E-state index contributed by atoms with van der Waals surface area (Å²) in [4.78, 5) is 19.1. The van der Waals surface area contributed by atoms with Gasteiger partial charge in [-0.15, -0.1) is 11.3 Å². The molecule has 0 unspecified atom stereocenters. The topological polar surface area (TPSA) is 62.7 Å². The van der Waals surface area contributed by atoms with Gasteiger partial charge in [-0.05, 0) is 30.7 Å². The maximum absolute atomic E-state index is 12.6. The van der Waals surface area contributed by atoms with E-state index in [4.69, 9.17) is 4.74 Å². The number of fused-ring (bicyclic) bond motifs is 2. The normalized spacial score (nSPS) is 15.1. The number of hydrogen-bond acceptors (Lipinski definition) is 5. The number of amides is 1. The largest absolute Gasteiger partial charge is 0.504 e. The molecule has 0 radical (unpaired) electrons. The summed E-state index contributed by atoms with van der Waals surface area (Å²) >= 11 is 1.59. The molecule has 1 amide bonds. The summed E-state index contributed by atoms with van der Waals surface area (Å²) in [5.74, 6) is 0.672. The lowest BCUT2D eigenvalue weighted by molar-refractivity contribution is -0.135. The molecule has 0 fully saturated rings. The summed E-state index contributed by atoms with van der Waals surface area (Å²) in [6, 6.07) is 11.7. The van der Waals surface area contributed by atoms with E-state index in [1.54, 1.807) is 17.4 Å². The Morgan fingerprint density at radius 2 is 2.19 bits per heavy atom. The molecule has 1 aliphatic heterocycles. The van der Waals surface area contributed by atoms with Crippen molar-refractivity contribution in [2.75, 3.05) is 13.2 Å². The van der Waals surface area contributed by atoms with Crippen molar-refractivity contribution in [2.24, 2.45) is 5.92 Å². The Kier molecular flexibility index (Phi) is 4.74. The van der Waals surface area contributed by atoms with Crippen LogP contribution in [-0.2, 0) is 11.3 Å². The highest BCUT2D eigenvalue weighted by atomic mass is 32.1. The van der Waals surface area contributed by atoms with Gasteiger partial charge in [0.25, 0.3) is 0 Å². The molecule has 0 saturated carbocycles. The van der Waals surface area contributed by atoms with Gasteiger partial charge in [-0.2, -0.15) is 0 Å². The monoisotopic (exact) mass is 382 g/mol. The Morgan fingerprint density at radius 1 is 1.37 bits per heavy atom. The molecule has 6 heteroatoms. The van der Waals surface area contributed by atoms with Gasteiger partial charge >= 0.3 is 0 Å². The zero-order valence-corrected chi connectivity index (χ0v) is 16.3. The molecule has 5 nitrogen and oxygen atoms in total. The van der Waals surface area contributed by atoms with Crippen LogP contribution >= 0.6 is 11.3 Å². The first-order valence-corrected chi connectivity index (χ1v) is 10.0. The molecule has 0 aliphatic carbocycles. The average molecular weight is 382 g/mol. The number of carbonyl (C=O) groups excluding carboxylic acids is 1. The van der Waals surface area contributed by atoms with Crippen LogP contribution < -0.4 is 4.74 Å². The first-order valence-electron chi connectivity index (χ1n) is 9.20. The molecule has 140 valence electrons. The summed E-state index contributed by atoms with van der Waals surface area (Å²) < 4.78 is 6.87. The van der Waals surface area contributed by atoms with Crippen LogP contribution in [-0.4, -0.2) is 34.0 Å². The first kappa shape index (κ1) is 17.8. The molecule has 4 rings (SSSR count). The second-order valence-electron chi connectivity index (χ2n) is 6.89. The summed E-state index contributed by atoms with van der Waals surface area (Å²) in [5, 5.41) is 11.4. The second kappa shape index (κ2) is 7.19. The van der Waals surface area contributed by atoms with Crippen molar-refractivity contribution in [3.05, 3.63) is 42.0 Å². The summed E-state index contributed by atoms with van der Waals surface area (Å²) in [7, 11) is 0. The Hall–Kier alpha value is -2.60. The number of aromatic hydroxyl groups is 1. The fourth-order valence-electron chi connectivity index (χ4n) is 3.29. The highest BCUT2D eigenvalue weighted by Gasteiger charge is 2.25.